The number of carbonyl (C=O) groups excluding carboxylic acids is 4. The van der Waals surface area contributed by atoms with Crippen molar-refractivity contribution < 1.29 is 48.0 Å². The van der Waals surface area contributed by atoms with Crippen molar-refractivity contribution in [3.05, 3.63) is 90.1 Å². The molecule has 0 bridgehead atoms. The smallest absolute Gasteiger partial charge is 0.408 e. The standard InChI is InChI=1S/C26H43NO6.C19H21NO.C9H19NO3/c1-10-12-19-15(3)13-25(7,31-9)14-16(4)21(28)18(6)23(29)32-20(11-2)26(8)22(17(19)5)27-24(30)33-26;1-2-19(21)13-14-20-15-16-9-11-18(12-10-16)17-7-5-3-4-6-8-17;1-6-5-7(10(2)3)8(11)9(12-4)13-6/h12,15-18,20,22H,10-11,13-14H2,1-9H3,(H,27,30);2-3,5-12,20H,1,4,13-15H2;6-9,11H,5H2,1-4H3/b19-12+;;/t15-,16-,17+,18-,20-,22-,25-,26-;;6-,7+,8-,9-/m1.1/s1. The van der Waals surface area contributed by atoms with Crippen LogP contribution in [0.15, 0.2) is 78.9 Å². The molecule has 1 aromatic rings. The lowest BCUT2D eigenvalue weighted by Crippen LogP contribution is -2.55. The second-order valence-electron chi connectivity index (χ2n) is 19.2. The first kappa shape index (κ1) is 57.1. The minimum absolute atomic E-state index is 0.0512. The van der Waals surface area contributed by atoms with E-state index in [1.54, 1.807) is 21.1 Å². The molecule has 3 saturated heterocycles. The number of aliphatic hydroxyl groups excluding tert-OH is 1. The van der Waals surface area contributed by atoms with E-state index in [1.165, 1.54) is 28.3 Å². The molecule has 1 amide bonds. The van der Waals surface area contributed by atoms with Crippen molar-refractivity contribution in [1.82, 2.24) is 15.5 Å². The minimum atomic E-state index is -1.06. The third kappa shape index (κ3) is 16.2. The zero-order valence-corrected chi connectivity index (χ0v) is 42.8. The number of likely N-dealkylation sites (N-methyl/N-ethyl adjacent to an activating group) is 1. The molecule has 13 nitrogen and oxygen atoms in total. The van der Waals surface area contributed by atoms with E-state index >= 15 is 0 Å². The van der Waals surface area contributed by atoms with E-state index in [4.69, 9.17) is 23.7 Å². The van der Waals surface area contributed by atoms with Crippen LogP contribution in [-0.4, -0.2) is 116 Å². The van der Waals surface area contributed by atoms with Gasteiger partial charge in [-0.25, -0.2) is 4.79 Å². The Hall–Kier alpha value is -4.24. The van der Waals surface area contributed by atoms with Crippen LogP contribution >= 0.6 is 0 Å². The van der Waals surface area contributed by atoms with Gasteiger partial charge < -0.3 is 44.3 Å². The molecule has 67 heavy (non-hydrogen) atoms. The number of alkyl carbamates (subject to hydrolysis) is 1. The molecule has 12 atom stereocenters. The molecule has 3 heterocycles. The first-order chi connectivity index (χ1) is 31.7. The average Bonchev–Trinajstić information content (AvgIpc) is 3.43. The summed E-state index contributed by atoms with van der Waals surface area (Å²) in [5, 5.41) is 16.1. The molecule has 4 aliphatic rings. The van der Waals surface area contributed by atoms with Gasteiger partial charge in [0.2, 0.25) is 0 Å². The Kier molecular flexibility index (Phi) is 23.1. The molecule has 13 heteroatoms. The van der Waals surface area contributed by atoms with Crippen LogP contribution in [0.2, 0.25) is 0 Å². The van der Waals surface area contributed by atoms with Crippen LogP contribution in [0.25, 0.3) is 5.57 Å². The van der Waals surface area contributed by atoms with Gasteiger partial charge in [-0.2, -0.15) is 0 Å². The molecule has 5 rings (SSSR count). The minimum Gasteiger partial charge on any atom is -0.458 e. The Morgan fingerprint density at radius 1 is 1.01 bits per heavy atom. The number of nitrogens with zero attached hydrogens (tertiary/aromatic N) is 1. The van der Waals surface area contributed by atoms with Crippen molar-refractivity contribution in [2.45, 2.75) is 162 Å². The third-order valence-corrected chi connectivity index (χ3v) is 13.6. The normalized spacial score (nSPS) is 33.0. The molecule has 1 aromatic carbocycles. The van der Waals surface area contributed by atoms with E-state index in [1.807, 2.05) is 53.6 Å². The fraction of sp³-hybridized carbons (Fsp3) is 0.630. The first-order valence-electron chi connectivity index (χ1n) is 24.2. The average molecular weight is 934 g/mol. The molecule has 3 fully saturated rings. The zero-order chi connectivity index (χ0) is 50.1. The van der Waals surface area contributed by atoms with Gasteiger partial charge in [-0.1, -0.05) is 107 Å². The van der Waals surface area contributed by atoms with Gasteiger partial charge in [-0.3, -0.25) is 14.4 Å². The Balaban J connectivity index is 0.000000297. The maximum Gasteiger partial charge on any atom is 0.408 e. The van der Waals surface area contributed by atoms with Crippen molar-refractivity contribution in [1.29, 1.82) is 0 Å². The van der Waals surface area contributed by atoms with Crippen LogP contribution in [0.4, 0.5) is 4.79 Å². The molecular formula is C54H83N3O10. The summed E-state index contributed by atoms with van der Waals surface area (Å²) in [4.78, 5) is 51.7. The van der Waals surface area contributed by atoms with Gasteiger partial charge >= 0.3 is 12.1 Å². The third-order valence-electron chi connectivity index (χ3n) is 13.6. The maximum atomic E-state index is 13.1. The Bertz CT molecular complexity index is 1910. The number of benzene rings is 1. The summed E-state index contributed by atoms with van der Waals surface area (Å²) in [5.74, 6) is -1.83. The summed E-state index contributed by atoms with van der Waals surface area (Å²) in [6.45, 7) is 22.5. The van der Waals surface area contributed by atoms with Gasteiger partial charge in [0.25, 0.3) is 0 Å². The number of esters is 1. The molecule has 3 aliphatic heterocycles. The lowest BCUT2D eigenvalue weighted by atomic mass is 9.72. The number of aliphatic hydroxyl groups is 1. The molecule has 0 spiro atoms. The van der Waals surface area contributed by atoms with E-state index in [9.17, 15) is 24.3 Å². The molecular weight excluding hydrogens is 851 g/mol. The highest BCUT2D eigenvalue weighted by Crippen LogP contribution is 2.41. The number of nitrogens with one attached hydrogen (secondary N) is 2. The number of carbonyl (C=O) groups is 4. The Labute approximate surface area is 401 Å². The number of fused-ring (bicyclic) bond motifs is 1. The molecule has 3 N–H and O–H groups in total. The number of Topliss-reactive ketones (excluding diaryl/α,β-unsaturated/α-hetero) is 1. The lowest BCUT2D eigenvalue weighted by Gasteiger charge is -2.41. The summed E-state index contributed by atoms with van der Waals surface area (Å²) >= 11 is 0. The number of hydrogen-bond donors (Lipinski definition) is 3. The molecule has 0 saturated carbocycles. The highest BCUT2D eigenvalue weighted by Gasteiger charge is 2.55. The summed E-state index contributed by atoms with van der Waals surface area (Å²) in [6.07, 6.45) is 17.1. The molecule has 0 radical (unpaired) electrons. The van der Waals surface area contributed by atoms with Crippen LogP contribution in [0, 0.1) is 23.7 Å². The molecule has 0 unspecified atom stereocenters. The van der Waals surface area contributed by atoms with Crippen LogP contribution in [0.5, 0.6) is 0 Å². The van der Waals surface area contributed by atoms with Gasteiger partial charge in [0.05, 0.1) is 17.7 Å². The van der Waals surface area contributed by atoms with Gasteiger partial charge in [0.15, 0.2) is 17.7 Å². The number of hydrogen-bond acceptors (Lipinski definition) is 12. The van der Waals surface area contributed by atoms with Crippen molar-refractivity contribution >= 4 is 29.2 Å². The highest BCUT2D eigenvalue weighted by atomic mass is 16.7. The number of allylic oxidation sites excluding steroid dienone is 8. The van der Waals surface area contributed by atoms with Crippen LogP contribution in [0.1, 0.15) is 118 Å². The highest BCUT2D eigenvalue weighted by molar-refractivity contribution is 5.99. The number of cyclic esters (lactones) is 1. The van der Waals surface area contributed by atoms with Crippen LogP contribution in [-0.2, 0) is 44.6 Å². The quantitative estimate of drug-likeness (QED) is 0.0602. The van der Waals surface area contributed by atoms with Gasteiger partial charge in [0, 0.05) is 51.6 Å². The largest absolute Gasteiger partial charge is 0.458 e. The number of methoxy groups -OCH3 is 2. The predicted octanol–water partition coefficient (Wildman–Crippen LogP) is 8.70. The number of ketones is 2. The number of rotatable bonds is 12. The molecule has 1 aliphatic carbocycles. The van der Waals surface area contributed by atoms with E-state index in [0.29, 0.717) is 32.2 Å². The van der Waals surface area contributed by atoms with Crippen molar-refractivity contribution in [3.8, 4) is 0 Å². The van der Waals surface area contributed by atoms with E-state index < -0.39 is 47.7 Å². The summed E-state index contributed by atoms with van der Waals surface area (Å²) in [6, 6.07) is 8.27. The van der Waals surface area contributed by atoms with Crippen LogP contribution in [0.3, 0.4) is 0 Å². The van der Waals surface area contributed by atoms with Gasteiger partial charge in [-0.15, -0.1) is 0 Å². The van der Waals surface area contributed by atoms with E-state index in [0.717, 1.165) is 25.8 Å². The van der Waals surface area contributed by atoms with Crippen LogP contribution < -0.4 is 10.6 Å². The molecule has 0 aromatic heterocycles. The lowest BCUT2D eigenvalue weighted by molar-refractivity contribution is -0.242. The summed E-state index contributed by atoms with van der Waals surface area (Å²) in [5.41, 5.74) is 3.28. The van der Waals surface area contributed by atoms with Gasteiger partial charge in [0.1, 0.15) is 23.9 Å². The predicted molar refractivity (Wildman–Crippen MR) is 265 cm³/mol. The second kappa shape index (κ2) is 27.1. The summed E-state index contributed by atoms with van der Waals surface area (Å²) < 4.78 is 28.0. The molecule has 374 valence electrons. The Morgan fingerprint density at radius 2 is 1.69 bits per heavy atom. The van der Waals surface area contributed by atoms with Gasteiger partial charge in [-0.05, 0) is 109 Å². The maximum absolute atomic E-state index is 13.1. The fourth-order valence-corrected chi connectivity index (χ4v) is 9.74. The fourth-order valence-electron chi connectivity index (χ4n) is 9.74. The summed E-state index contributed by atoms with van der Waals surface area (Å²) in [7, 11) is 7.14. The second-order valence-corrected chi connectivity index (χ2v) is 19.2. The first-order valence-corrected chi connectivity index (χ1v) is 24.2. The van der Waals surface area contributed by atoms with E-state index in [2.05, 4.69) is 98.7 Å². The monoisotopic (exact) mass is 934 g/mol. The van der Waals surface area contributed by atoms with Crippen molar-refractivity contribution in [3.63, 3.8) is 0 Å². The topological polar surface area (TPSA) is 162 Å². The Morgan fingerprint density at radius 3 is 2.28 bits per heavy atom. The zero-order valence-electron chi connectivity index (χ0n) is 42.8. The SMILES string of the molecule is C=CC(=O)CCNCc1ccc(C2=CC=CCC=C2)cc1.CC/C=C1\[C@H](C)C[C@@](C)(OC)C[C@@H](C)C(=O)[C@@H](C)C(=O)O[C@H](CC)[C@@]2(C)OC(=O)N[C@@H]2[C@H]1C.CO[C@@H]1O[C@H](C)C[C@H](N(C)C)[C@H]1O. The van der Waals surface area contributed by atoms with Crippen molar-refractivity contribution in [2.75, 3.05) is 34.9 Å². The number of ether oxygens (including phenoxy) is 5. The van der Waals surface area contributed by atoms with Crippen molar-refractivity contribution in [2.24, 2.45) is 23.7 Å². The van der Waals surface area contributed by atoms with E-state index in [-0.39, 0.29) is 47.5 Å². The number of amides is 1.